The number of methoxy groups -OCH3 is 2. The van der Waals surface area contributed by atoms with Gasteiger partial charge in [0.05, 0.1) is 14.2 Å². The molecule has 1 aromatic rings. The molecular formula is C14H19NO4. The standard InChI is InChI=1S/C14H19NO4/c1-18-13-8-12(16)11(14(17)19-2)7-9(13)6-10-4-3-5-15-10/h7-8,10,15-16H,3-6H2,1-2H3. The van der Waals surface area contributed by atoms with Gasteiger partial charge in [0.1, 0.15) is 17.1 Å². The van der Waals surface area contributed by atoms with Gasteiger partial charge in [0, 0.05) is 12.1 Å². The van der Waals surface area contributed by atoms with Crippen LogP contribution in [0.1, 0.15) is 28.8 Å². The third kappa shape index (κ3) is 2.98. The molecule has 1 saturated heterocycles. The molecular weight excluding hydrogens is 246 g/mol. The van der Waals surface area contributed by atoms with E-state index in [1.807, 2.05) is 0 Å². The van der Waals surface area contributed by atoms with Gasteiger partial charge in [-0.1, -0.05) is 0 Å². The summed E-state index contributed by atoms with van der Waals surface area (Å²) in [7, 11) is 2.85. The Morgan fingerprint density at radius 2 is 2.26 bits per heavy atom. The van der Waals surface area contributed by atoms with E-state index in [9.17, 15) is 9.90 Å². The minimum Gasteiger partial charge on any atom is -0.507 e. The third-order valence-corrected chi connectivity index (χ3v) is 3.43. The first kappa shape index (κ1) is 13.7. The molecule has 0 saturated carbocycles. The van der Waals surface area contributed by atoms with E-state index in [1.165, 1.54) is 13.2 Å². The van der Waals surface area contributed by atoms with Crippen LogP contribution >= 0.6 is 0 Å². The molecule has 0 radical (unpaired) electrons. The van der Waals surface area contributed by atoms with Gasteiger partial charge in [-0.25, -0.2) is 4.79 Å². The largest absolute Gasteiger partial charge is 0.507 e. The fraction of sp³-hybridized carbons (Fsp3) is 0.500. The molecule has 1 heterocycles. The second-order valence-corrected chi connectivity index (χ2v) is 4.67. The second kappa shape index (κ2) is 5.93. The van der Waals surface area contributed by atoms with Crippen LogP contribution in [0.15, 0.2) is 12.1 Å². The van der Waals surface area contributed by atoms with Gasteiger partial charge in [-0.15, -0.1) is 0 Å². The topological polar surface area (TPSA) is 67.8 Å². The van der Waals surface area contributed by atoms with Gasteiger partial charge in [0.15, 0.2) is 0 Å². The van der Waals surface area contributed by atoms with Crippen LogP contribution < -0.4 is 10.1 Å². The molecule has 0 amide bonds. The number of esters is 1. The van der Waals surface area contributed by atoms with Crippen LogP contribution in [-0.4, -0.2) is 37.9 Å². The van der Waals surface area contributed by atoms with Gasteiger partial charge < -0.3 is 19.9 Å². The molecule has 19 heavy (non-hydrogen) atoms. The van der Waals surface area contributed by atoms with Crippen LogP contribution in [0.25, 0.3) is 0 Å². The van der Waals surface area contributed by atoms with Gasteiger partial charge in [0.25, 0.3) is 0 Å². The lowest BCUT2D eigenvalue weighted by Crippen LogP contribution is -2.24. The number of nitrogens with one attached hydrogen (secondary N) is 1. The van der Waals surface area contributed by atoms with Crippen molar-refractivity contribution in [3.05, 3.63) is 23.3 Å². The lowest BCUT2D eigenvalue weighted by molar-refractivity contribution is 0.0597. The summed E-state index contributed by atoms with van der Waals surface area (Å²) in [6.07, 6.45) is 3.04. The molecule has 0 spiro atoms. The second-order valence-electron chi connectivity index (χ2n) is 4.67. The van der Waals surface area contributed by atoms with Crippen molar-refractivity contribution in [1.29, 1.82) is 0 Å². The van der Waals surface area contributed by atoms with Crippen molar-refractivity contribution in [3.8, 4) is 11.5 Å². The zero-order chi connectivity index (χ0) is 13.8. The van der Waals surface area contributed by atoms with Crippen LogP contribution in [0, 0.1) is 0 Å². The summed E-state index contributed by atoms with van der Waals surface area (Å²) in [5.41, 5.74) is 1.08. The number of rotatable bonds is 4. The van der Waals surface area contributed by atoms with Crippen molar-refractivity contribution >= 4 is 5.97 Å². The zero-order valence-electron chi connectivity index (χ0n) is 11.2. The van der Waals surface area contributed by atoms with E-state index in [0.29, 0.717) is 11.8 Å². The first-order valence-electron chi connectivity index (χ1n) is 6.37. The molecule has 5 heteroatoms. The summed E-state index contributed by atoms with van der Waals surface area (Å²) in [5.74, 6) is -0.0635. The highest BCUT2D eigenvalue weighted by Crippen LogP contribution is 2.30. The van der Waals surface area contributed by atoms with Crippen LogP contribution in [0.4, 0.5) is 0 Å². The maximum atomic E-state index is 11.6. The number of phenols is 1. The predicted octanol–water partition coefficient (Wildman–Crippen LogP) is 1.48. The first-order chi connectivity index (χ1) is 9.15. The van der Waals surface area contributed by atoms with Crippen LogP contribution in [0.2, 0.25) is 0 Å². The Morgan fingerprint density at radius 1 is 1.47 bits per heavy atom. The molecule has 1 aliphatic rings. The monoisotopic (exact) mass is 265 g/mol. The van der Waals surface area contributed by atoms with Crippen molar-refractivity contribution in [1.82, 2.24) is 5.32 Å². The highest BCUT2D eigenvalue weighted by Gasteiger charge is 2.20. The third-order valence-electron chi connectivity index (χ3n) is 3.43. The average molecular weight is 265 g/mol. The van der Waals surface area contributed by atoms with E-state index in [4.69, 9.17) is 4.74 Å². The highest BCUT2D eigenvalue weighted by molar-refractivity contribution is 5.92. The Labute approximate surface area is 112 Å². The Hall–Kier alpha value is -1.75. The minimum absolute atomic E-state index is 0.119. The molecule has 0 bridgehead atoms. The van der Waals surface area contributed by atoms with Crippen molar-refractivity contribution in [2.45, 2.75) is 25.3 Å². The van der Waals surface area contributed by atoms with Crippen LogP contribution in [0.5, 0.6) is 11.5 Å². The van der Waals surface area contributed by atoms with Gasteiger partial charge in [0.2, 0.25) is 0 Å². The maximum Gasteiger partial charge on any atom is 0.341 e. The molecule has 104 valence electrons. The van der Waals surface area contributed by atoms with Gasteiger partial charge in [-0.3, -0.25) is 0 Å². The van der Waals surface area contributed by atoms with E-state index >= 15 is 0 Å². The maximum absolute atomic E-state index is 11.6. The number of benzene rings is 1. The number of phenolic OH excluding ortho intramolecular Hbond substituents is 1. The number of carbonyl (C=O) groups is 1. The molecule has 1 fully saturated rings. The SMILES string of the molecule is COC(=O)c1cc(CC2CCCN2)c(OC)cc1O. The Morgan fingerprint density at radius 3 is 2.84 bits per heavy atom. The molecule has 1 atom stereocenters. The zero-order valence-corrected chi connectivity index (χ0v) is 11.2. The summed E-state index contributed by atoms with van der Waals surface area (Å²) in [5, 5.41) is 13.2. The fourth-order valence-corrected chi connectivity index (χ4v) is 2.43. The summed E-state index contributed by atoms with van der Waals surface area (Å²) in [6, 6.07) is 3.51. The Kier molecular flexibility index (Phi) is 4.27. The normalized spacial score (nSPS) is 18.3. The molecule has 5 nitrogen and oxygen atoms in total. The van der Waals surface area contributed by atoms with Gasteiger partial charge in [-0.2, -0.15) is 0 Å². The molecule has 0 aliphatic carbocycles. The first-order valence-corrected chi connectivity index (χ1v) is 6.37. The van der Waals surface area contributed by atoms with Crippen LogP contribution in [0.3, 0.4) is 0 Å². The number of ether oxygens (including phenoxy) is 2. The summed E-state index contributed by atoms with van der Waals surface area (Å²) in [6.45, 7) is 1.02. The van der Waals surface area contributed by atoms with E-state index in [-0.39, 0.29) is 11.3 Å². The number of aromatic hydroxyl groups is 1. The molecule has 2 rings (SSSR count). The predicted molar refractivity (Wildman–Crippen MR) is 70.7 cm³/mol. The van der Waals surface area contributed by atoms with Crippen molar-refractivity contribution in [2.75, 3.05) is 20.8 Å². The van der Waals surface area contributed by atoms with E-state index in [0.717, 1.165) is 31.4 Å². The number of hydrogen-bond donors (Lipinski definition) is 2. The quantitative estimate of drug-likeness (QED) is 0.807. The Bertz CT molecular complexity index is 467. The summed E-state index contributed by atoms with van der Waals surface area (Å²) < 4.78 is 9.93. The smallest absolute Gasteiger partial charge is 0.341 e. The molecule has 1 aliphatic heterocycles. The minimum atomic E-state index is -0.541. The highest BCUT2D eigenvalue weighted by atomic mass is 16.5. The van der Waals surface area contributed by atoms with Crippen molar-refractivity contribution in [2.24, 2.45) is 0 Å². The van der Waals surface area contributed by atoms with Gasteiger partial charge >= 0.3 is 5.97 Å². The molecule has 1 unspecified atom stereocenters. The van der Waals surface area contributed by atoms with E-state index in [2.05, 4.69) is 10.1 Å². The fourth-order valence-electron chi connectivity index (χ4n) is 2.43. The summed E-state index contributed by atoms with van der Waals surface area (Å²) in [4.78, 5) is 11.6. The van der Waals surface area contributed by atoms with Crippen molar-refractivity contribution < 1.29 is 19.4 Å². The summed E-state index contributed by atoms with van der Waals surface area (Å²) >= 11 is 0. The number of carbonyl (C=O) groups excluding carboxylic acids is 1. The van der Waals surface area contributed by atoms with Crippen molar-refractivity contribution in [3.63, 3.8) is 0 Å². The molecule has 0 aromatic heterocycles. The van der Waals surface area contributed by atoms with Gasteiger partial charge in [-0.05, 0) is 37.4 Å². The number of hydrogen-bond acceptors (Lipinski definition) is 5. The average Bonchev–Trinajstić information content (AvgIpc) is 2.92. The van der Waals surface area contributed by atoms with E-state index < -0.39 is 5.97 Å². The lowest BCUT2D eigenvalue weighted by atomic mass is 10.0. The Balaban J connectivity index is 2.30. The lowest BCUT2D eigenvalue weighted by Gasteiger charge is -2.15. The molecule has 1 aromatic carbocycles. The molecule has 2 N–H and O–H groups in total. The van der Waals surface area contributed by atoms with Crippen LogP contribution in [-0.2, 0) is 11.2 Å². The van der Waals surface area contributed by atoms with E-state index in [1.54, 1.807) is 13.2 Å².